The normalized spacial score (nSPS) is 12.3. The molecule has 0 aliphatic carbocycles. The molecule has 2 aromatic heterocycles. The van der Waals surface area contributed by atoms with Crippen LogP contribution in [0.3, 0.4) is 0 Å². The van der Waals surface area contributed by atoms with E-state index in [-0.39, 0.29) is 5.41 Å². The molecular formula is C10H12IN3. The van der Waals surface area contributed by atoms with Gasteiger partial charge in [-0.2, -0.15) is 0 Å². The first-order valence-electron chi connectivity index (χ1n) is 4.48. The lowest BCUT2D eigenvalue weighted by Crippen LogP contribution is -2.12. The fourth-order valence-corrected chi connectivity index (χ4v) is 1.83. The van der Waals surface area contributed by atoms with Crippen LogP contribution in [0.5, 0.6) is 0 Å². The smallest absolute Gasteiger partial charge is 0.112 e. The summed E-state index contributed by atoms with van der Waals surface area (Å²) in [5.41, 5.74) is 2.09. The van der Waals surface area contributed by atoms with Gasteiger partial charge in [0.15, 0.2) is 0 Å². The first-order valence-corrected chi connectivity index (χ1v) is 5.56. The molecule has 0 saturated carbocycles. The van der Waals surface area contributed by atoms with E-state index in [0.717, 1.165) is 20.4 Å². The lowest BCUT2D eigenvalue weighted by atomic mass is 9.96. The van der Waals surface area contributed by atoms with E-state index in [2.05, 4.69) is 58.3 Å². The molecule has 0 amide bonds. The molecule has 0 aromatic carbocycles. The summed E-state index contributed by atoms with van der Waals surface area (Å²) in [6.45, 7) is 6.43. The average Bonchev–Trinajstić information content (AvgIpc) is 2.48. The summed E-state index contributed by atoms with van der Waals surface area (Å²) in [6, 6.07) is 0. The number of aromatic nitrogens is 3. The maximum absolute atomic E-state index is 4.58. The fraction of sp³-hybridized carbons (Fsp3) is 0.400. The van der Waals surface area contributed by atoms with Crippen molar-refractivity contribution in [2.75, 3.05) is 0 Å². The number of nitrogens with one attached hydrogen (secondary N) is 1. The van der Waals surface area contributed by atoms with Crippen LogP contribution < -0.4 is 0 Å². The van der Waals surface area contributed by atoms with Crippen molar-refractivity contribution < 1.29 is 0 Å². The van der Waals surface area contributed by atoms with Gasteiger partial charge < -0.3 is 4.98 Å². The largest absolute Gasteiger partial charge is 0.340 e. The summed E-state index contributed by atoms with van der Waals surface area (Å²) in [7, 11) is 0. The quantitative estimate of drug-likeness (QED) is 0.760. The average molecular weight is 301 g/mol. The van der Waals surface area contributed by atoms with E-state index in [9.17, 15) is 0 Å². The zero-order valence-electron chi connectivity index (χ0n) is 8.43. The van der Waals surface area contributed by atoms with Gasteiger partial charge in [-0.3, -0.25) is 4.98 Å². The summed E-state index contributed by atoms with van der Waals surface area (Å²) in [5, 5.41) is 0. The first-order chi connectivity index (χ1) is 6.48. The summed E-state index contributed by atoms with van der Waals surface area (Å²) in [4.78, 5) is 12.0. The van der Waals surface area contributed by atoms with E-state index in [1.165, 1.54) is 0 Å². The maximum atomic E-state index is 4.58. The van der Waals surface area contributed by atoms with Crippen molar-refractivity contribution in [3.05, 3.63) is 21.8 Å². The molecule has 0 saturated heterocycles. The Kier molecular flexibility index (Phi) is 2.25. The molecule has 3 nitrogen and oxygen atoms in total. The van der Waals surface area contributed by atoms with Crippen LogP contribution in [-0.4, -0.2) is 15.0 Å². The molecule has 0 radical (unpaired) electrons. The number of H-pyrrole nitrogens is 1. The number of nitrogens with zero attached hydrogens (tertiary/aromatic N) is 2. The van der Waals surface area contributed by atoms with Crippen molar-refractivity contribution in [3.8, 4) is 0 Å². The Bertz CT molecular complexity index is 468. The van der Waals surface area contributed by atoms with Crippen LogP contribution in [0.25, 0.3) is 11.0 Å². The van der Waals surface area contributed by atoms with Crippen LogP contribution in [0.15, 0.2) is 12.4 Å². The maximum Gasteiger partial charge on any atom is 0.112 e. The highest BCUT2D eigenvalue weighted by atomic mass is 127. The van der Waals surface area contributed by atoms with Gasteiger partial charge in [-0.1, -0.05) is 20.8 Å². The van der Waals surface area contributed by atoms with Crippen LogP contribution in [0.2, 0.25) is 0 Å². The number of rotatable bonds is 0. The second-order valence-corrected chi connectivity index (χ2v) is 5.52. The summed E-state index contributed by atoms with van der Waals surface area (Å²) >= 11 is 2.25. The monoisotopic (exact) mass is 301 g/mol. The van der Waals surface area contributed by atoms with Gasteiger partial charge in [0.1, 0.15) is 11.3 Å². The Hall–Kier alpha value is -0.650. The second-order valence-electron chi connectivity index (χ2n) is 4.35. The number of imidazole rings is 1. The highest BCUT2D eigenvalue weighted by molar-refractivity contribution is 14.1. The number of pyridine rings is 1. The molecule has 0 unspecified atom stereocenters. The number of halogens is 1. The highest BCUT2D eigenvalue weighted by Crippen LogP contribution is 2.24. The van der Waals surface area contributed by atoms with E-state index in [0.29, 0.717) is 0 Å². The Morgan fingerprint density at radius 2 is 2.00 bits per heavy atom. The first kappa shape index (κ1) is 9.89. The summed E-state index contributed by atoms with van der Waals surface area (Å²) in [6.07, 6.45) is 3.65. The van der Waals surface area contributed by atoms with E-state index in [1.54, 1.807) is 0 Å². The van der Waals surface area contributed by atoms with Crippen LogP contribution >= 0.6 is 22.6 Å². The van der Waals surface area contributed by atoms with Crippen molar-refractivity contribution in [1.29, 1.82) is 0 Å². The summed E-state index contributed by atoms with van der Waals surface area (Å²) in [5.74, 6) is 1.01. The fourth-order valence-electron chi connectivity index (χ4n) is 1.26. The van der Waals surface area contributed by atoms with Gasteiger partial charge in [-0.25, -0.2) is 4.98 Å². The van der Waals surface area contributed by atoms with Gasteiger partial charge in [0.05, 0.1) is 15.3 Å². The molecule has 1 N–H and O–H groups in total. The number of hydrogen-bond acceptors (Lipinski definition) is 2. The number of fused-ring (bicyclic) bond motifs is 1. The molecule has 2 heterocycles. The molecule has 0 atom stereocenters. The lowest BCUT2D eigenvalue weighted by molar-refractivity contribution is 0.554. The highest BCUT2D eigenvalue weighted by Gasteiger charge is 2.18. The third-order valence-corrected chi connectivity index (χ3v) is 2.85. The Balaban J connectivity index is 2.69. The zero-order chi connectivity index (χ0) is 10.3. The molecule has 14 heavy (non-hydrogen) atoms. The van der Waals surface area contributed by atoms with Crippen molar-refractivity contribution in [3.63, 3.8) is 0 Å². The van der Waals surface area contributed by atoms with Gasteiger partial charge >= 0.3 is 0 Å². The second kappa shape index (κ2) is 3.18. The molecule has 0 aliphatic heterocycles. The predicted octanol–water partition coefficient (Wildman–Crippen LogP) is 2.86. The minimum absolute atomic E-state index is 0.0576. The molecule has 4 heteroatoms. The van der Waals surface area contributed by atoms with Gasteiger partial charge in [0, 0.05) is 11.6 Å². The molecule has 2 aromatic rings. The van der Waals surface area contributed by atoms with E-state index in [4.69, 9.17) is 0 Å². The Morgan fingerprint density at radius 3 is 2.57 bits per heavy atom. The van der Waals surface area contributed by atoms with E-state index >= 15 is 0 Å². The van der Waals surface area contributed by atoms with Gasteiger partial charge in [0.2, 0.25) is 0 Å². The topological polar surface area (TPSA) is 41.6 Å². The standard InChI is InChI=1S/C10H12IN3/c1-10(2,3)9-13-7-5-12-4-6(11)8(7)14-9/h4-5H,1-3H3,(H,13,14). The minimum Gasteiger partial charge on any atom is -0.340 e. The Labute approximate surface area is 96.5 Å². The zero-order valence-corrected chi connectivity index (χ0v) is 10.6. The molecule has 0 spiro atoms. The molecule has 2 rings (SSSR count). The van der Waals surface area contributed by atoms with E-state index < -0.39 is 0 Å². The molecule has 0 aliphatic rings. The van der Waals surface area contributed by atoms with Crippen molar-refractivity contribution in [1.82, 2.24) is 15.0 Å². The van der Waals surface area contributed by atoms with Crippen LogP contribution in [0.1, 0.15) is 26.6 Å². The number of hydrogen-bond donors (Lipinski definition) is 1. The predicted molar refractivity (Wildman–Crippen MR) is 65.3 cm³/mol. The van der Waals surface area contributed by atoms with Gasteiger partial charge in [0.25, 0.3) is 0 Å². The third kappa shape index (κ3) is 1.63. The van der Waals surface area contributed by atoms with E-state index in [1.807, 2.05) is 12.4 Å². The van der Waals surface area contributed by atoms with Crippen LogP contribution in [0, 0.1) is 3.57 Å². The lowest BCUT2D eigenvalue weighted by Gasteiger charge is -2.13. The van der Waals surface area contributed by atoms with Crippen LogP contribution in [0.4, 0.5) is 0 Å². The minimum atomic E-state index is 0.0576. The van der Waals surface area contributed by atoms with Crippen molar-refractivity contribution in [2.45, 2.75) is 26.2 Å². The summed E-state index contributed by atoms with van der Waals surface area (Å²) < 4.78 is 1.09. The van der Waals surface area contributed by atoms with Crippen molar-refractivity contribution in [2.24, 2.45) is 0 Å². The third-order valence-electron chi connectivity index (χ3n) is 2.06. The molecule has 74 valence electrons. The van der Waals surface area contributed by atoms with Crippen LogP contribution in [-0.2, 0) is 5.41 Å². The molecule has 0 fully saturated rings. The van der Waals surface area contributed by atoms with Crippen molar-refractivity contribution >= 4 is 33.6 Å². The SMILES string of the molecule is CC(C)(C)c1nc2c(I)cncc2[nH]1. The van der Waals surface area contributed by atoms with Gasteiger partial charge in [-0.15, -0.1) is 0 Å². The molecular weight excluding hydrogens is 289 g/mol. The molecule has 0 bridgehead atoms. The number of aromatic amines is 1. The Morgan fingerprint density at radius 1 is 1.29 bits per heavy atom. The van der Waals surface area contributed by atoms with Gasteiger partial charge in [-0.05, 0) is 22.6 Å².